The number of azo groups is 2. The first-order chi connectivity index (χ1) is 17.1. The number of aromatic hydroxyl groups is 1. The standard InChI is InChI=1S/C25H19ClN6O2S/c26-17-11-12-19-18(13-17)23(24(34)27-19)31-29-20(33)14-35-25-28-21(15-7-3-1-4-8-15)22(30-32-25)16-9-5-2-6-10-16/h1-13,21-22,27,34H,14H2. The van der Waals surface area contributed by atoms with Gasteiger partial charge >= 0.3 is 0 Å². The molecule has 174 valence electrons. The molecule has 0 saturated carbocycles. The summed E-state index contributed by atoms with van der Waals surface area (Å²) in [4.78, 5) is 20.0. The summed E-state index contributed by atoms with van der Waals surface area (Å²) in [6.45, 7) is 0. The Morgan fingerprint density at radius 3 is 2.40 bits per heavy atom. The zero-order chi connectivity index (χ0) is 24.2. The Morgan fingerprint density at radius 2 is 1.69 bits per heavy atom. The smallest absolute Gasteiger partial charge is 0.275 e. The van der Waals surface area contributed by atoms with Gasteiger partial charge in [0.2, 0.25) is 11.0 Å². The SMILES string of the molecule is O=C(CSC1=NC(c2ccccc2)C(c2ccccc2)N=N1)N=Nc1c(O)[nH]c2ccc(Cl)cc12. The van der Waals surface area contributed by atoms with Crippen LogP contribution in [0.1, 0.15) is 23.2 Å². The lowest BCUT2D eigenvalue weighted by Crippen LogP contribution is -2.13. The molecular weight excluding hydrogens is 484 g/mol. The van der Waals surface area contributed by atoms with Gasteiger partial charge in [-0.1, -0.05) is 84.0 Å². The molecule has 0 saturated heterocycles. The summed E-state index contributed by atoms with van der Waals surface area (Å²) in [5.41, 5.74) is 2.82. The van der Waals surface area contributed by atoms with Crippen molar-refractivity contribution in [3.63, 3.8) is 0 Å². The van der Waals surface area contributed by atoms with Gasteiger partial charge in [0, 0.05) is 10.4 Å². The van der Waals surface area contributed by atoms with Gasteiger partial charge in [0.15, 0.2) is 5.69 Å². The highest BCUT2D eigenvalue weighted by Crippen LogP contribution is 2.39. The minimum absolute atomic E-state index is 0.0251. The number of rotatable bonds is 5. The van der Waals surface area contributed by atoms with Crippen molar-refractivity contribution in [1.82, 2.24) is 4.98 Å². The van der Waals surface area contributed by atoms with E-state index in [2.05, 4.69) is 25.4 Å². The van der Waals surface area contributed by atoms with Crippen molar-refractivity contribution in [3.8, 4) is 5.88 Å². The number of nitrogens with one attached hydrogen (secondary N) is 1. The fraction of sp³-hybridized carbons (Fsp3) is 0.120. The third-order valence-corrected chi connectivity index (χ3v) is 6.47. The van der Waals surface area contributed by atoms with Gasteiger partial charge in [-0.25, -0.2) is 4.99 Å². The number of fused-ring (bicyclic) bond motifs is 1. The molecule has 0 spiro atoms. The number of carbonyl (C=O) groups excluding carboxylic acids is 1. The van der Waals surface area contributed by atoms with Crippen LogP contribution in [0, 0.1) is 0 Å². The first-order valence-electron chi connectivity index (χ1n) is 10.7. The van der Waals surface area contributed by atoms with Crippen LogP contribution in [0.3, 0.4) is 0 Å². The Balaban J connectivity index is 1.31. The second-order valence-corrected chi connectivity index (χ2v) is 9.11. The molecule has 35 heavy (non-hydrogen) atoms. The predicted octanol–water partition coefficient (Wildman–Crippen LogP) is 7.17. The average Bonchev–Trinajstić information content (AvgIpc) is 3.21. The molecule has 2 unspecified atom stereocenters. The number of carbonyl (C=O) groups is 1. The topological polar surface area (TPSA) is 115 Å². The van der Waals surface area contributed by atoms with Crippen LogP contribution in [-0.2, 0) is 4.79 Å². The summed E-state index contributed by atoms with van der Waals surface area (Å²) in [7, 11) is 0. The largest absolute Gasteiger partial charge is 0.493 e. The molecule has 0 radical (unpaired) electrons. The zero-order valence-electron chi connectivity index (χ0n) is 18.2. The van der Waals surface area contributed by atoms with Gasteiger partial charge in [-0.2, -0.15) is 5.11 Å². The summed E-state index contributed by atoms with van der Waals surface area (Å²) in [6, 6.07) is 24.3. The number of aliphatic imine (C=N–C) groups is 1. The maximum absolute atomic E-state index is 12.4. The van der Waals surface area contributed by atoms with Crippen LogP contribution >= 0.6 is 23.4 Å². The molecule has 1 aliphatic rings. The number of halogens is 1. The molecular formula is C25H19ClN6O2S. The number of thioether (sulfide) groups is 1. The molecule has 8 nitrogen and oxygen atoms in total. The average molecular weight is 503 g/mol. The molecule has 0 fully saturated rings. The van der Waals surface area contributed by atoms with E-state index in [0.717, 1.165) is 22.9 Å². The van der Waals surface area contributed by atoms with Gasteiger partial charge in [0.25, 0.3) is 5.91 Å². The van der Waals surface area contributed by atoms with E-state index in [-0.39, 0.29) is 29.4 Å². The predicted molar refractivity (Wildman–Crippen MR) is 138 cm³/mol. The van der Waals surface area contributed by atoms with Gasteiger partial charge < -0.3 is 10.1 Å². The number of H-pyrrole nitrogens is 1. The van der Waals surface area contributed by atoms with Gasteiger partial charge in [0.1, 0.15) is 12.1 Å². The van der Waals surface area contributed by atoms with Crippen LogP contribution in [0.15, 0.2) is 104 Å². The van der Waals surface area contributed by atoms with Crippen LogP contribution in [0.4, 0.5) is 5.69 Å². The molecule has 2 N–H and O–H groups in total. The molecule has 2 atom stereocenters. The van der Waals surface area contributed by atoms with E-state index < -0.39 is 5.91 Å². The first kappa shape index (κ1) is 22.9. The summed E-state index contributed by atoms with van der Waals surface area (Å²) >= 11 is 7.18. The van der Waals surface area contributed by atoms with Crippen molar-refractivity contribution in [2.45, 2.75) is 12.1 Å². The normalized spacial score (nSPS) is 17.7. The van der Waals surface area contributed by atoms with E-state index >= 15 is 0 Å². The number of hydrogen-bond donors (Lipinski definition) is 2. The van der Waals surface area contributed by atoms with Crippen LogP contribution in [0.5, 0.6) is 5.88 Å². The number of benzene rings is 3. The fourth-order valence-electron chi connectivity index (χ4n) is 3.76. The Hall–Kier alpha value is -3.82. The van der Waals surface area contributed by atoms with E-state index in [4.69, 9.17) is 16.6 Å². The van der Waals surface area contributed by atoms with Crippen molar-refractivity contribution in [1.29, 1.82) is 0 Å². The van der Waals surface area contributed by atoms with E-state index in [1.807, 2.05) is 60.7 Å². The van der Waals surface area contributed by atoms with Crippen molar-refractivity contribution < 1.29 is 9.90 Å². The number of aromatic amines is 1. The van der Waals surface area contributed by atoms with Gasteiger partial charge in [0.05, 0.1) is 11.3 Å². The minimum Gasteiger partial charge on any atom is -0.493 e. The highest BCUT2D eigenvalue weighted by atomic mass is 35.5. The summed E-state index contributed by atoms with van der Waals surface area (Å²) in [5, 5.41) is 28.0. The van der Waals surface area contributed by atoms with E-state index in [1.165, 1.54) is 0 Å². The Kier molecular flexibility index (Phi) is 6.69. The molecule has 5 rings (SSSR count). The van der Waals surface area contributed by atoms with Crippen LogP contribution in [-0.4, -0.2) is 26.9 Å². The lowest BCUT2D eigenvalue weighted by Gasteiger charge is -2.24. The molecule has 2 heterocycles. The number of amidine groups is 1. The number of amides is 1. The molecule has 1 amide bonds. The number of aromatic nitrogens is 1. The third kappa shape index (κ3) is 5.16. The Morgan fingerprint density at radius 1 is 1.00 bits per heavy atom. The molecule has 0 bridgehead atoms. The summed E-state index contributed by atoms with van der Waals surface area (Å²) < 4.78 is 0. The second-order valence-electron chi connectivity index (χ2n) is 7.73. The number of nitrogens with zero attached hydrogens (tertiary/aromatic N) is 5. The minimum atomic E-state index is -0.495. The van der Waals surface area contributed by atoms with Crippen molar-refractivity contribution in [2.75, 3.05) is 5.75 Å². The van der Waals surface area contributed by atoms with Crippen LogP contribution < -0.4 is 0 Å². The Bertz CT molecular complexity index is 1450. The molecule has 10 heteroatoms. The van der Waals surface area contributed by atoms with Crippen molar-refractivity contribution in [3.05, 3.63) is 95.0 Å². The molecule has 0 aliphatic carbocycles. The molecule has 4 aromatic rings. The summed E-state index contributed by atoms with van der Waals surface area (Å²) in [6.07, 6.45) is 0. The maximum atomic E-state index is 12.4. The van der Waals surface area contributed by atoms with Crippen molar-refractivity contribution in [2.24, 2.45) is 25.4 Å². The summed E-state index contributed by atoms with van der Waals surface area (Å²) in [5.74, 6) is -0.706. The van der Waals surface area contributed by atoms with Crippen LogP contribution in [0.2, 0.25) is 5.02 Å². The fourth-order valence-corrected chi connectivity index (χ4v) is 4.54. The van der Waals surface area contributed by atoms with Gasteiger partial charge in [-0.3, -0.25) is 4.79 Å². The van der Waals surface area contributed by atoms with E-state index in [9.17, 15) is 9.90 Å². The van der Waals surface area contributed by atoms with Crippen LogP contribution in [0.25, 0.3) is 10.9 Å². The Labute approximate surface area is 209 Å². The molecule has 1 aliphatic heterocycles. The monoisotopic (exact) mass is 502 g/mol. The quantitative estimate of drug-likeness (QED) is 0.281. The van der Waals surface area contributed by atoms with E-state index in [0.29, 0.717) is 21.1 Å². The number of hydrogen-bond acceptors (Lipinski definition) is 7. The highest BCUT2D eigenvalue weighted by molar-refractivity contribution is 8.14. The lowest BCUT2D eigenvalue weighted by atomic mass is 9.94. The highest BCUT2D eigenvalue weighted by Gasteiger charge is 2.28. The molecule has 3 aromatic carbocycles. The van der Waals surface area contributed by atoms with Gasteiger partial charge in [-0.05, 0) is 29.3 Å². The van der Waals surface area contributed by atoms with E-state index in [1.54, 1.807) is 18.2 Å². The van der Waals surface area contributed by atoms with Gasteiger partial charge in [-0.15, -0.1) is 15.3 Å². The van der Waals surface area contributed by atoms with Crippen molar-refractivity contribution >= 4 is 51.0 Å². The molecule has 1 aromatic heterocycles. The third-order valence-electron chi connectivity index (χ3n) is 5.40. The first-order valence-corrected chi connectivity index (χ1v) is 12.1. The zero-order valence-corrected chi connectivity index (χ0v) is 19.8. The maximum Gasteiger partial charge on any atom is 0.275 e. The second kappa shape index (κ2) is 10.2. The lowest BCUT2D eigenvalue weighted by molar-refractivity contribution is -0.115.